The molecule has 4 aromatic rings. The molecule has 3 heterocycles. The van der Waals surface area contributed by atoms with Gasteiger partial charge in [-0.25, -0.2) is 0 Å². The lowest BCUT2D eigenvalue weighted by molar-refractivity contribution is 0.0724. The van der Waals surface area contributed by atoms with Gasteiger partial charge in [0.05, 0.1) is 10.9 Å². The van der Waals surface area contributed by atoms with Crippen LogP contribution in [0.2, 0.25) is 0 Å². The summed E-state index contributed by atoms with van der Waals surface area (Å²) >= 11 is 5.50. The second-order valence-corrected chi connectivity index (χ2v) is 8.50. The first-order valence-electron chi connectivity index (χ1n) is 10.7. The highest BCUT2D eigenvalue weighted by atomic mass is 32.1. The molecule has 1 saturated heterocycles. The molecule has 158 valence electrons. The molecule has 0 bridgehead atoms. The van der Waals surface area contributed by atoms with Crippen LogP contribution in [0.4, 0.5) is 0 Å². The maximum atomic E-state index is 13.1. The molecule has 2 aromatic carbocycles. The van der Waals surface area contributed by atoms with Crippen molar-refractivity contribution in [2.24, 2.45) is 0 Å². The van der Waals surface area contributed by atoms with Gasteiger partial charge in [-0.1, -0.05) is 18.2 Å². The molecule has 2 N–H and O–H groups in total. The summed E-state index contributed by atoms with van der Waals surface area (Å²) in [5.41, 5.74) is 3.31. The van der Waals surface area contributed by atoms with Crippen molar-refractivity contribution in [1.29, 1.82) is 0 Å². The van der Waals surface area contributed by atoms with Crippen LogP contribution in [0.3, 0.4) is 0 Å². The van der Waals surface area contributed by atoms with E-state index in [0.29, 0.717) is 34.2 Å². The van der Waals surface area contributed by atoms with Gasteiger partial charge in [0.1, 0.15) is 0 Å². The zero-order valence-corrected chi connectivity index (χ0v) is 18.0. The fraction of sp³-hybridized carbons (Fsp3) is 0.292. The Bertz CT molecular complexity index is 1390. The zero-order chi connectivity index (χ0) is 21.4. The van der Waals surface area contributed by atoms with E-state index in [9.17, 15) is 9.59 Å². The smallest absolute Gasteiger partial charge is 0.262 e. The first kappa shape index (κ1) is 19.8. The number of nitrogens with zero attached hydrogens (tertiary/aromatic N) is 2. The third kappa shape index (κ3) is 3.70. The van der Waals surface area contributed by atoms with Crippen LogP contribution < -0.4 is 5.56 Å². The fourth-order valence-corrected chi connectivity index (χ4v) is 4.73. The van der Waals surface area contributed by atoms with Gasteiger partial charge in [0, 0.05) is 42.3 Å². The lowest BCUT2D eigenvalue weighted by atomic mass is 10.1. The molecule has 5 rings (SSSR count). The van der Waals surface area contributed by atoms with E-state index in [4.69, 9.17) is 12.2 Å². The molecule has 0 radical (unpaired) electrons. The quantitative estimate of drug-likeness (QED) is 0.469. The van der Waals surface area contributed by atoms with E-state index in [0.717, 1.165) is 42.4 Å². The van der Waals surface area contributed by atoms with E-state index < -0.39 is 0 Å². The van der Waals surface area contributed by atoms with Crippen LogP contribution in [0.15, 0.2) is 53.5 Å². The second-order valence-electron chi connectivity index (χ2n) is 8.11. The zero-order valence-electron chi connectivity index (χ0n) is 17.2. The number of benzene rings is 2. The van der Waals surface area contributed by atoms with Crippen LogP contribution in [0.1, 0.15) is 35.2 Å². The number of carbonyl (C=O) groups is 1. The Kier molecular flexibility index (Phi) is 5.19. The number of aromatic amines is 2. The van der Waals surface area contributed by atoms with Crippen molar-refractivity contribution in [2.75, 3.05) is 13.1 Å². The van der Waals surface area contributed by atoms with Crippen LogP contribution >= 0.6 is 12.2 Å². The Labute approximate surface area is 184 Å². The largest absolute Gasteiger partial charge is 0.361 e. The van der Waals surface area contributed by atoms with Crippen LogP contribution in [0, 0.1) is 4.77 Å². The number of amides is 1. The summed E-state index contributed by atoms with van der Waals surface area (Å²) in [5.74, 6) is 0.0180. The molecule has 31 heavy (non-hydrogen) atoms. The molecule has 0 saturated carbocycles. The number of aryl methyl sites for hydroxylation is 1. The van der Waals surface area contributed by atoms with Gasteiger partial charge in [0.15, 0.2) is 4.77 Å². The van der Waals surface area contributed by atoms with Crippen LogP contribution in [0.5, 0.6) is 0 Å². The predicted octanol–water partition coefficient (Wildman–Crippen LogP) is 4.41. The average molecular weight is 433 g/mol. The van der Waals surface area contributed by atoms with Crippen molar-refractivity contribution in [3.63, 3.8) is 0 Å². The van der Waals surface area contributed by atoms with E-state index in [1.54, 1.807) is 22.8 Å². The van der Waals surface area contributed by atoms with Crippen LogP contribution in [-0.4, -0.2) is 38.4 Å². The summed E-state index contributed by atoms with van der Waals surface area (Å²) in [5, 5.41) is 1.70. The maximum absolute atomic E-state index is 13.1. The van der Waals surface area contributed by atoms with Crippen molar-refractivity contribution < 1.29 is 4.79 Å². The van der Waals surface area contributed by atoms with Crippen molar-refractivity contribution in [1.82, 2.24) is 19.4 Å². The topological polar surface area (TPSA) is 73.9 Å². The third-order valence-electron chi connectivity index (χ3n) is 6.15. The number of aromatic nitrogens is 3. The first-order chi connectivity index (χ1) is 15.1. The highest BCUT2D eigenvalue weighted by molar-refractivity contribution is 7.71. The number of carbonyl (C=O) groups excluding carboxylic acids is 1. The van der Waals surface area contributed by atoms with Gasteiger partial charge < -0.3 is 14.9 Å². The number of rotatable bonds is 4. The Hall–Kier alpha value is -3.19. The summed E-state index contributed by atoms with van der Waals surface area (Å²) in [4.78, 5) is 34.3. The number of hydrogen-bond donors (Lipinski definition) is 2. The highest BCUT2D eigenvalue weighted by Crippen LogP contribution is 2.19. The van der Waals surface area contributed by atoms with Gasteiger partial charge in [-0.3, -0.25) is 14.2 Å². The molecular formula is C24H24N4O2S. The summed E-state index contributed by atoms with van der Waals surface area (Å²) in [6, 6.07) is 13.4. The molecule has 1 aliphatic heterocycles. The minimum atomic E-state index is -0.129. The van der Waals surface area contributed by atoms with Crippen molar-refractivity contribution in [3.05, 3.63) is 74.9 Å². The number of hydrogen-bond acceptors (Lipinski definition) is 3. The van der Waals surface area contributed by atoms with E-state index in [2.05, 4.69) is 16.0 Å². The second kappa shape index (κ2) is 8.15. The van der Waals surface area contributed by atoms with Crippen LogP contribution in [0.25, 0.3) is 21.8 Å². The van der Waals surface area contributed by atoms with Crippen molar-refractivity contribution >= 4 is 39.9 Å². The number of para-hydroxylation sites is 1. The van der Waals surface area contributed by atoms with Gasteiger partial charge in [-0.05, 0) is 67.7 Å². The van der Waals surface area contributed by atoms with E-state index in [-0.39, 0.29) is 11.5 Å². The lowest BCUT2D eigenvalue weighted by Crippen LogP contribution is -2.35. The van der Waals surface area contributed by atoms with E-state index >= 15 is 0 Å². The maximum Gasteiger partial charge on any atom is 0.262 e. The SMILES string of the molecule is O=C(c1ccc2c(=O)n(CCc3c[nH]c4ccccc34)c(=S)[nH]c2c1)N1CCCCC1. The average Bonchev–Trinajstić information content (AvgIpc) is 3.22. The molecule has 2 aromatic heterocycles. The summed E-state index contributed by atoms with van der Waals surface area (Å²) < 4.78 is 1.98. The summed E-state index contributed by atoms with van der Waals surface area (Å²) in [6.45, 7) is 2.07. The van der Waals surface area contributed by atoms with Gasteiger partial charge in [-0.2, -0.15) is 0 Å². The molecular weight excluding hydrogens is 408 g/mol. The van der Waals surface area contributed by atoms with Crippen molar-refractivity contribution in [2.45, 2.75) is 32.2 Å². The van der Waals surface area contributed by atoms with Crippen molar-refractivity contribution in [3.8, 4) is 0 Å². The third-order valence-corrected chi connectivity index (χ3v) is 6.47. The van der Waals surface area contributed by atoms with E-state index in [1.807, 2.05) is 29.3 Å². The van der Waals surface area contributed by atoms with Gasteiger partial charge in [0.2, 0.25) is 0 Å². The monoisotopic (exact) mass is 432 g/mol. The number of likely N-dealkylation sites (tertiary alicyclic amines) is 1. The Balaban J connectivity index is 1.44. The minimum Gasteiger partial charge on any atom is -0.361 e. The van der Waals surface area contributed by atoms with Gasteiger partial charge in [-0.15, -0.1) is 0 Å². The number of piperidine rings is 1. The molecule has 0 spiro atoms. The molecule has 1 aliphatic rings. The molecule has 6 nitrogen and oxygen atoms in total. The van der Waals surface area contributed by atoms with Gasteiger partial charge in [0.25, 0.3) is 11.5 Å². The fourth-order valence-electron chi connectivity index (χ4n) is 4.44. The number of fused-ring (bicyclic) bond motifs is 2. The Morgan fingerprint density at radius 3 is 2.65 bits per heavy atom. The summed E-state index contributed by atoms with van der Waals surface area (Å²) in [7, 11) is 0. The van der Waals surface area contributed by atoms with Crippen LogP contribution in [-0.2, 0) is 13.0 Å². The Morgan fingerprint density at radius 2 is 1.81 bits per heavy atom. The summed E-state index contributed by atoms with van der Waals surface area (Å²) in [6.07, 6.45) is 5.94. The minimum absolute atomic E-state index is 0.0180. The number of H-pyrrole nitrogens is 2. The molecule has 1 fully saturated rings. The van der Waals surface area contributed by atoms with Gasteiger partial charge >= 0.3 is 0 Å². The standard InChI is InChI=1S/C24H24N4O2S/c29-22(27-11-4-1-5-12-27)16-8-9-19-21(14-16)26-24(31)28(23(19)30)13-10-17-15-25-20-7-3-2-6-18(17)20/h2-3,6-9,14-15,25H,1,4-5,10-13H2,(H,26,31). The first-order valence-corrected chi connectivity index (χ1v) is 11.1. The molecule has 0 atom stereocenters. The molecule has 0 unspecified atom stereocenters. The Morgan fingerprint density at radius 1 is 1.00 bits per heavy atom. The number of nitrogens with one attached hydrogen (secondary N) is 2. The molecule has 0 aliphatic carbocycles. The predicted molar refractivity (Wildman–Crippen MR) is 125 cm³/mol. The normalized spacial score (nSPS) is 14.4. The molecule has 1 amide bonds. The lowest BCUT2D eigenvalue weighted by Gasteiger charge is -2.26. The van der Waals surface area contributed by atoms with E-state index in [1.165, 1.54) is 6.42 Å². The highest BCUT2D eigenvalue weighted by Gasteiger charge is 2.19. The molecule has 7 heteroatoms.